The Hall–Kier alpha value is -1.62. The Labute approximate surface area is 117 Å². The number of benzene rings is 1. The zero-order valence-electron chi connectivity index (χ0n) is 11.4. The zero-order valence-corrected chi connectivity index (χ0v) is 11.4. The first kappa shape index (κ1) is 14.8. The molecule has 4 nitrogen and oxygen atoms in total. The summed E-state index contributed by atoms with van der Waals surface area (Å²) in [6.07, 6.45) is 4.51. The maximum absolute atomic E-state index is 13.4. The van der Waals surface area contributed by atoms with E-state index in [1.54, 1.807) is 0 Å². The summed E-state index contributed by atoms with van der Waals surface area (Å²) in [4.78, 5) is 10.7. The highest BCUT2D eigenvalue weighted by atomic mass is 19.1. The predicted molar refractivity (Wildman–Crippen MR) is 73.7 cm³/mol. The number of piperidine rings is 1. The second kappa shape index (κ2) is 7.24. The first-order valence-electron chi connectivity index (χ1n) is 7.03. The van der Waals surface area contributed by atoms with E-state index in [0.29, 0.717) is 18.3 Å². The number of carboxylic acids is 1. The number of hydrogen-bond donors (Lipinski definition) is 2. The van der Waals surface area contributed by atoms with Crippen molar-refractivity contribution >= 4 is 5.97 Å². The average molecular weight is 281 g/mol. The van der Waals surface area contributed by atoms with Crippen molar-refractivity contribution in [2.45, 2.75) is 25.7 Å². The fraction of sp³-hybridized carbons (Fsp3) is 0.533. The van der Waals surface area contributed by atoms with Crippen LogP contribution in [0.4, 0.5) is 4.39 Å². The largest absolute Gasteiger partial charge is 0.493 e. The molecule has 2 N–H and O–H groups in total. The molecule has 1 aliphatic rings. The highest BCUT2D eigenvalue weighted by Gasteiger charge is 2.13. The molecule has 1 heterocycles. The summed E-state index contributed by atoms with van der Waals surface area (Å²) in [7, 11) is 0. The van der Waals surface area contributed by atoms with Crippen molar-refractivity contribution in [3.05, 3.63) is 29.6 Å². The third-order valence-corrected chi connectivity index (χ3v) is 3.60. The molecule has 1 aromatic rings. The highest BCUT2D eigenvalue weighted by molar-refractivity contribution is 5.88. The third-order valence-electron chi connectivity index (χ3n) is 3.60. The van der Waals surface area contributed by atoms with Gasteiger partial charge in [-0.1, -0.05) is 0 Å². The van der Waals surface area contributed by atoms with Crippen LogP contribution >= 0.6 is 0 Å². The molecular weight excluding hydrogens is 261 g/mol. The van der Waals surface area contributed by atoms with E-state index in [2.05, 4.69) is 5.32 Å². The topological polar surface area (TPSA) is 58.6 Å². The number of nitrogens with one attached hydrogen (secondary N) is 1. The van der Waals surface area contributed by atoms with Gasteiger partial charge in [0.2, 0.25) is 0 Å². The normalized spacial score (nSPS) is 18.8. The first-order valence-corrected chi connectivity index (χ1v) is 7.03. The highest BCUT2D eigenvalue weighted by Crippen LogP contribution is 2.19. The van der Waals surface area contributed by atoms with Crippen LogP contribution < -0.4 is 10.1 Å². The standard InChI is InChI=1S/C15H20FNO3/c16-14-9-12(5-6-13(14)15(18)19)20-8-2-4-11-3-1-7-17-10-11/h5-6,9,11,17H,1-4,7-8,10H2,(H,18,19). The minimum Gasteiger partial charge on any atom is -0.493 e. The zero-order chi connectivity index (χ0) is 14.4. The van der Waals surface area contributed by atoms with E-state index in [-0.39, 0.29) is 5.56 Å². The predicted octanol–water partition coefficient (Wildman–Crippen LogP) is 2.68. The summed E-state index contributed by atoms with van der Waals surface area (Å²) in [5.74, 6) is -0.932. The van der Waals surface area contributed by atoms with Gasteiger partial charge in [-0.05, 0) is 56.8 Å². The van der Waals surface area contributed by atoms with E-state index < -0.39 is 11.8 Å². The van der Waals surface area contributed by atoms with Crippen molar-refractivity contribution in [2.24, 2.45) is 5.92 Å². The van der Waals surface area contributed by atoms with Gasteiger partial charge in [-0.3, -0.25) is 0 Å². The van der Waals surface area contributed by atoms with Crippen LogP contribution in [-0.4, -0.2) is 30.8 Å². The number of aromatic carboxylic acids is 1. The van der Waals surface area contributed by atoms with Crippen LogP contribution in [-0.2, 0) is 0 Å². The quantitative estimate of drug-likeness (QED) is 0.787. The van der Waals surface area contributed by atoms with E-state index in [0.717, 1.165) is 32.0 Å². The molecule has 0 aromatic heterocycles. The number of hydrogen-bond acceptors (Lipinski definition) is 3. The number of ether oxygens (including phenoxy) is 1. The molecule has 0 amide bonds. The lowest BCUT2D eigenvalue weighted by Gasteiger charge is -2.22. The van der Waals surface area contributed by atoms with Crippen molar-refractivity contribution in [2.75, 3.05) is 19.7 Å². The lowest BCUT2D eigenvalue weighted by molar-refractivity contribution is 0.0692. The summed E-state index contributed by atoms with van der Waals surface area (Å²) < 4.78 is 18.9. The van der Waals surface area contributed by atoms with Gasteiger partial charge in [0.1, 0.15) is 11.6 Å². The molecule has 1 saturated heterocycles. The molecule has 110 valence electrons. The van der Waals surface area contributed by atoms with Crippen molar-refractivity contribution in [3.63, 3.8) is 0 Å². The minimum atomic E-state index is -1.26. The fourth-order valence-corrected chi connectivity index (χ4v) is 2.49. The molecule has 1 fully saturated rings. The first-order chi connectivity index (χ1) is 9.66. The van der Waals surface area contributed by atoms with Crippen LogP contribution in [0.5, 0.6) is 5.75 Å². The van der Waals surface area contributed by atoms with Crippen molar-refractivity contribution in [1.82, 2.24) is 5.32 Å². The van der Waals surface area contributed by atoms with Crippen molar-refractivity contribution < 1.29 is 19.0 Å². The van der Waals surface area contributed by atoms with Crippen LogP contribution in [0.2, 0.25) is 0 Å². The summed E-state index contributed by atoms with van der Waals surface area (Å²) >= 11 is 0. The van der Waals surface area contributed by atoms with Gasteiger partial charge in [0, 0.05) is 6.07 Å². The van der Waals surface area contributed by atoms with E-state index in [1.165, 1.54) is 25.0 Å². The van der Waals surface area contributed by atoms with E-state index in [9.17, 15) is 9.18 Å². The summed E-state index contributed by atoms with van der Waals surface area (Å²) in [5, 5.41) is 12.1. The number of rotatable bonds is 6. The SMILES string of the molecule is O=C(O)c1ccc(OCCCC2CCCNC2)cc1F. The minimum absolute atomic E-state index is 0.328. The van der Waals surface area contributed by atoms with Gasteiger partial charge in [0.05, 0.1) is 12.2 Å². The van der Waals surface area contributed by atoms with Crippen molar-refractivity contribution in [3.8, 4) is 5.75 Å². The van der Waals surface area contributed by atoms with Crippen LogP contribution in [0.1, 0.15) is 36.0 Å². The van der Waals surface area contributed by atoms with Crippen LogP contribution in [0.25, 0.3) is 0 Å². The number of carboxylic acid groups (broad SMARTS) is 1. The molecule has 0 spiro atoms. The Bertz CT molecular complexity index is 458. The molecule has 5 heteroatoms. The molecule has 0 saturated carbocycles. The van der Waals surface area contributed by atoms with Gasteiger partial charge in [-0.15, -0.1) is 0 Å². The number of carbonyl (C=O) groups is 1. The lowest BCUT2D eigenvalue weighted by atomic mass is 9.95. The van der Waals surface area contributed by atoms with Gasteiger partial charge < -0.3 is 15.2 Å². The van der Waals surface area contributed by atoms with Crippen molar-refractivity contribution in [1.29, 1.82) is 0 Å². The Kier molecular flexibility index (Phi) is 5.35. The van der Waals surface area contributed by atoms with Gasteiger partial charge in [0.15, 0.2) is 0 Å². The molecule has 2 rings (SSSR count). The van der Waals surface area contributed by atoms with Gasteiger partial charge in [-0.2, -0.15) is 0 Å². The van der Waals surface area contributed by atoms with Gasteiger partial charge in [0.25, 0.3) is 0 Å². The summed E-state index contributed by atoms with van der Waals surface area (Å²) in [6.45, 7) is 2.71. The molecular formula is C15H20FNO3. The summed E-state index contributed by atoms with van der Waals surface area (Å²) in [6, 6.07) is 3.86. The molecule has 0 bridgehead atoms. The Morgan fingerprint density at radius 3 is 3.00 bits per heavy atom. The second-order valence-corrected chi connectivity index (χ2v) is 5.15. The Morgan fingerprint density at radius 1 is 1.50 bits per heavy atom. The van der Waals surface area contributed by atoms with E-state index in [4.69, 9.17) is 9.84 Å². The molecule has 0 aliphatic carbocycles. The maximum Gasteiger partial charge on any atom is 0.338 e. The van der Waals surface area contributed by atoms with Gasteiger partial charge >= 0.3 is 5.97 Å². The lowest BCUT2D eigenvalue weighted by Crippen LogP contribution is -2.29. The van der Waals surface area contributed by atoms with E-state index in [1.807, 2.05) is 0 Å². The van der Waals surface area contributed by atoms with E-state index >= 15 is 0 Å². The van der Waals surface area contributed by atoms with Crippen LogP contribution in [0.3, 0.4) is 0 Å². The maximum atomic E-state index is 13.4. The summed E-state index contributed by atoms with van der Waals surface area (Å²) in [5.41, 5.74) is -0.328. The molecule has 1 aromatic carbocycles. The molecule has 20 heavy (non-hydrogen) atoms. The Balaban J connectivity index is 1.73. The second-order valence-electron chi connectivity index (χ2n) is 5.15. The molecule has 1 unspecified atom stereocenters. The number of halogens is 1. The van der Waals surface area contributed by atoms with Crippen LogP contribution in [0, 0.1) is 11.7 Å². The smallest absolute Gasteiger partial charge is 0.338 e. The van der Waals surface area contributed by atoms with Crippen LogP contribution in [0.15, 0.2) is 18.2 Å². The Morgan fingerprint density at radius 2 is 2.35 bits per heavy atom. The fourth-order valence-electron chi connectivity index (χ4n) is 2.49. The monoisotopic (exact) mass is 281 g/mol. The third kappa shape index (κ3) is 4.20. The molecule has 0 radical (unpaired) electrons. The molecule has 1 atom stereocenters. The average Bonchev–Trinajstić information content (AvgIpc) is 2.44. The van der Waals surface area contributed by atoms with Gasteiger partial charge in [-0.25, -0.2) is 9.18 Å². The molecule has 1 aliphatic heterocycles.